The Labute approximate surface area is 155 Å². The van der Waals surface area contributed by atoms with Crippen molar-refractivity contribution in [2.24, 2.45) is 0 Å². The molecule has 1 fully saturated rings. The molecule has 2 aromatic rings. The number of sulfone groups is 1. The molecule has 0 spiro atoms. The normalized spacial score (nSPS) is 18.7. The Balaban J connectivity index is 1.89. The van der Waals surface area contributed by atoms with Crippen LogP contribution in [0.15, 0.2) is 24.3 Å². The molecular weight excluding hydrogens is 348 g/mol. The van der Waals surface area contributed by atoms with Gasteiger partial charge in [-0.15, -0.1) is 0 Å². The van der Waals surface area contributed by atoms with Gasteiger partial charge in [0.25, 0.3) is 0 Å². The fraction of sp³-hybridized carbons (Fsp3) is 0.474. The molecule has 0 bridgehead atoms. The molecule has 7 heteroatoms. The standard InChI is InChI=1S/C19H26N4O2S/c1-5-15-8-6-7-13(2)19(15)22-17-11-18(21-14(3)20-17)23(4)16-9-10-26(24,25)12-16/h6-8,11,16H,5,9-10,12H2,1-4H3,(H,20,21,22). The molecule has 1 atom stereocenters. The number of nitrogens with zero attached hydrogens (tertiary/aromatic N) is 3. The maximum absolute atomic E-state index is 11.8. The average molecular weight is 375 g/mol. The summed E-state index contributed by atoms with van der Waals surface area (Å²) in [6.07, 6.45) is 1.57. The van der Waals surface area contributed by atoms with Crippen molar-refractivity contribution >= 4 is 27.2 Å². The molecule has 140 valence electrons. The predicted molar refractivity (Wildman–Crippen MR) is 106 cm³/mol. The van der Waals surface area contributed by atoms with Gasteiger partial charge in [0, 0.05) is 24.8 Å². The van der Waals surface area contributed by atoms with Crippen molar-refractivity contribution in [3.63, 3.8) is 0 Å². The lowest BCUT2D eigenvalue weighted by Gasteiger charge is -2.25. The number of para-hydroxylation sites is 1. The lowest BCUT2D eigenvalue weighted by molar-refractivity contribution is 0.600. The molecular formula is C19H26N4O2S. The monoisotopic (exact) mass is 374 g/mol. The van der Waals surface area contributed by atoms with E-state index in [4.69, 9.17) is 0 Å². The number of benzene rings is 1. The van der Waals surface area contributed by atoms with Gasteiger partial charge in [-0.25, -0.2) is 18.4 Å². The molecule has 1 aromatic carbocycles. The Morgan fingerprint density at radius 3 is 2.69 bits per heavy atom. The van der Waals surface area contributed by atoms with Gasteiger partial charge in [-0.05, 0) is 37.8 Å². The second kappa shape index (κ2) is 7.23. The highest BCUT2D eigenvalue weighted by molar-refractivity contribution is 7.91. The Morgan fingerprint density at radius 2 is 2.04 bits per heavy atom. The first-order chi connectivity index (χ1) is 12.3. The van der Waals surface area contributed by atoms with Gasteiger partial charge >= 0.3 is 0 Å². The zero-order chi connectivity index (χ0) is 18.9. The van der Waals surface area contributed by atoms with Crippen LogP contribution >= 0.6 is 0 Å². The average Bonchev–Trinajstić information content (AvgIpc) is 2.95. The minimum absolute atomic E-state index is 0.0354. The maximum atomic E-state index is 11.8. The summed E-state index contributed by atoms with van der Waals surface area (Å²) < 4.78 is 23.6. The fourth-order valence-corrected chi connectivity index (χ4v) is 5.17. The SMILES string of the molecule is CCc1cccc(C)c1Nc1cc(N(C)C2CCS(=O)(=O)C2)nc(C)n1. The predicted octanol–water partition coefficient (Wildman–Crippen LogP) is 3.02. The third kappa shape index (κ3) is 3.98. The summed E-state index contributed by atoms with van der Waals surface area (Å²) in [5.41, 5.74) is 3.47. The van der Waals surface area contributed by atoms with Crippen molar-refractivity contribution in [1.29, 1.82) is 0 Å². The van der Waals surface area contributed by atoms with Gasteiger partial charge in [0.05, 0.1) is 11.5 Å². The highest BCUT2D eigenvalue weighted by atomic mass is 32.2. The molecule has 3 rings (SSSR count). The Bertz CT molecular complexity index is 912. The molecule has 1 aromatic heterocycles. The summed E-state index contributed by atoms with van der Waals surface area (Å²) in [4.78, 5) is 11.0. The van der Waals surface area contributed by atoms with Crippen LogP contribution in [0.4, 0.5) is 17.3 Å². The van der Waals surface area contributed by atoms with Crippen molar-refractivity contribution in [2.45, 2.75) is 39.7 Å². The summed E-state index contributed by atoms with van der Waals surface area (Å²) in [7, 11) is -1.03. The van der Waals surface area contributed by atoms with Crippen LogP contribution in [0, 0.1) is 13.8 Å². The van der Waals surface area contributed by atoms with Gasteiger partial charge in [-0.1, -0.05) is 25.1 Å². The van der Waals surface area contributed by atoms with Crippen LogP contribution in [-0.4, -0.2) is 43.0 Å². The van der Waals surface area contributed by atoms with Crippen molar-refractivity contribution in [3.8, 4) is 0 Å². The first-order valence-corrected chi connectivity index (χ1v) is 10.8. The zero-order valence-corrected chi connectivity index (χ0v) is 16.6. The minimum atomic E-state index is -2.93. The lowest BCUT2D eigenvalue weighted by Crippen LogP contribution is -2.33. The molecule has 26 heavy (non-hydrogen) atoms. The Morgan fingerprint density at radius 1 is 1.27 bits per heavy atom. The first-order valence-electron chi connectivity index (χ1n) is 8.93. The van der Waals surface area contributed by atoms with Crippen molar-refractivity contribution in [2.75, 3.05) is 28.8 Å². The molecule has 0 amide bonds. The van der Waals surface area contributed by atoms with Crippen molar-refractivity contribution in [3.05, 3.63) is 41.2 Å². The van der Waals surface area contributed by atoms with Crippen molar-refractivity contribution < 1.29 is 8.42 Å². The molecule has 0 aliphatic carbocycles. The third-order valence-corrected chi connectivity index (χ3v) is 6.69. The highest BCUT2D eigenvalue weighted by Gasteiger charge is 2.31. The number of anilines is 3. The number of aryl methyl sites for hydroxylation is 3. The number of hydrogen-bond donors (Lipinski definition) is 1. The van der Waals surface area contributed by atoms with E-state index in [9.17, 15) is 8.42 Å². The lowest BCUT2D eigenvalue weighted by atomic mass is 10.1. The van der Waals surface area contributed by atoms with E-state index in [2.05, 4.69) is 47.3 Å². The van der Waals surface area contributed by atoms with Gasteiger partial charge in [0.2, 0.25) is 0 Å². The topological polar surface area (TPSA) is 75.2 Å². The van der Waals surface area contributed by atoms with Crippen LogP contribution in [0.1, 0.15) is 30.3 Å². The van der Waals surface area contributed by atoms with E-state index < -0.39 is 9.84 Å². The van der Waals surface area contributed by atoms with Gasteiger partial charge in [0.15, 0.2) is 9.84 Å². The summed E-state index contributed by atoms with van der Waals surface area (Å²) in [5.74, 6) is 2.56. The molecule has 1 saturated heterocycles. The van der Waals surface area contributed by atoms with Gasteiger partial charge in [-0.2, -0.15) is 0 Å². The number of aromatic nitrogens is 2. The fourth-order valence-electron chi connectivity index (χ4n) is 3.39. The molecule has 0 saturated carbocycles. The van der Waals surface area contributed by atoms with Gasteiger partial charge in [0.1, 0.15) is 17.5 Å². The maximum Gasteiger partial charge on any atom is 0.152 e. The molecule has 0 radical (unpaired) electrons. The minimum Gasteiger partial charge on any atom is -0.355 e. The van der Waals surface area contributed by atoms with Crippen LogP contribution in [0.25, 0.3) is 0 Å². The van der Waals surface area contributed by atoms with Crippen LogP contribution < -0.4 is 10.2 Å². The van der Waals surface area contributed by atoms with E-state index in [0.29, 0.717) is 12.2 Å². The molecule has 1 aliphatic rings. The molecule has 1 N–H and O–H groups in total. The van der Waals surface area contributed by atoms with Crippen molar-refractivity contribution in [1.82, 2.24) is 9.97 Å². The largest absolute Gasteiger partial charge is 0.355 e. The quantitative estimate of drug-likeness (QED) is 0.867. The second-order valence-corrected chi connectivity index (χ2v) is 9.14. The van der Waals surface area contributed by atoms with E-state index in [1.807, 2.05) is 24.9 Å². The van der Waals surface area contributed by atoms with Gasteiger partial charge in [-0.3, -0.25) is 0 Å². The van der Waals surface area contributed by atoms with Crippen LogP contribution in [0.3, 0.4) is 0 Å². The van der Waals surface area contributed by atoms with E-state index in [-0.39, 0.29) is 17.5 Å². The molecule has 1 unspecified atom stereocenters. The molecule has 2 heterocycles. The summed E-state index contributed by atoms with van der Waals surface area (Å²) >= 11 is 0. The Hall–Kier alpha value is -2.15. The second-order valence-electron chi connectivity index (χ2n) is 6.91. The number of rotatable bonds is 5. The molecule has 6 nitrogen and oxygen atoms in total. The third-order valence-electron chi connectivity index (χ3n) is 4.93. The summed E-state index contributed by atoms with van der Waals surface area (Å²) in [6.45, 7) is 6.06. The molecule has 1 aliphatic heterocycles. The number of nitrogens with one attached hydrogen (secondary N) is 1. The first kappa shape index (κ1) is 18.6. The van der Waals surface area contributed by atoms with E-state index in [1.54, 1.807) is 0 Å². The zero-order valence-electron chi connectivity index (χ0n) is 15.8. The van der Waals surface area contributed by atoms with E-state index in [0.717, 1.165) is 29.3 Å². The Kier molecular flexibility index (Phi) is 5.18. The van der Waals surface area contributed by atoms with Crippen LogP contribution in [0.2, 0.25) is 0 Å². The van der Waals surface area contributed by atoms with Crippen LogP contribution in [0.5, 0.6) is 0 Å². The van der Waals surface area contributed by atoms with E-state index >= 15 is 0 Å². The smallest absolute Gasteiger partial charge is 0.152 e. The van der Waals surface area contributed by atoms with Gasteiger partial charge < -0.3 is 10.2 Å². The number of hydrogen-bond acceptors (Lipinski definition) is 6. The summed E-state index contributed by atoms with van der Waals surface area (Å²) in [5, 5.41) is 3.44. The van der Waals surface area contributed by atoms with E-state index in [1.165, 1.54) is 5.56 Å². The highest BCUT2D eigenvalue weighted by Crippen LogP contribution is 2.27. The van der Waals surface area contributed by atoms with Crippen LogP contribution in [-0.2, 0) is 16.3 Å². The summed E-state index contributed by atoms with van der Waals surface area (Å²) in [6, 6.07) is 8.10.